The Hall–Kier alpha value is -2.67. The molecule has 0 saturated carbocycles. The maximum absolute atomic E-state index is 13.2. The van der Waals surface area contributed by atoms with E-state index in [1.807, 2.05) is 32.2 Å². The number of nitrogens with zero attached hydrogens (tertiary/aromatic N) is 3. The smallest absolute Gasteiger partial charge is 0.253 e. The molecule has 7 heteroatoms. The molecule has 1 aliphatic rings. The summed E-state index contributed by atoms with van der Waals surface area (Å²) in [5.41, 5.74) is 0.492. The SMILES string of the molecule is CCN(CC)C(=O)c1cccc(NC(=O)C2(n3cccn3)CCNCC2)c1. The fourth-order valence-corrected chi connectivity index (χ4v) is 3.59. The van der Waals surface area contributed by atoms with E-state index in [4.69, 9.17) is 0 Å². The fraction of sp³-hybridized carbons (Fsp3) is 0.450. The number of carbonyl (C=O) groups excluding carboxylic acids is 2. The molecule has 2 N–H and O–H groups in total. The average molecular weight is 369 g/mol. The highest BCUT2D eigenvalue weighted by molar-refractivity contribution is 5.99. The van der Waals surface area contributed by atoms with E-state index < -0.39 is 5.54 Å². The molecule has 0 atom stereocenters. The zero-order valence-corrected chi connectivity index (χ0v) is 15.9. The molecule has 2 amide bonds. The van der Waals surface area contributed by atoms with Crippen LogP contribution in [0.15, 0.2) is 42.7 Å². The second-order valence-corrected chi connectivity index (χ2v) is 6.74. The molecule has 27 heavy (non-hydrogen) atoms. The number of nitrogens with one attached hydrogen (secondary N) is 2. The van der Waals surface area contributed by atoms with Gasteiger partial charge in [-0.2, -0.15) is 5.10 Å². The molecule has 0 spiro atoms. The van der Waals surface area contributed by atoms with Crippen LogP contribution in [0, 0.1) is 0 Å². The number of hydrogen-bond acceptors (Lipinski definition) is 4. The van der Waals surface area contributed by atoms with Gasteiger partial charge in [-0.1, -0.05) is 6.07 Å². The highest BCUT2D eigenvalue weighted by Crippen LogP contribution is 2.29. The number of benzene rings is 1. The van der Waals surface area contributed by atoms with Crippen LogP contribution in [0.4, 0.5) is 5.69 Å². The van der Waals surface area contributed by atoms with E-state index >= 15 is 0 Å². The minimum atomic E-state index is -0.715. The monoisotopic (exact) mass is 369 g/mol. The molecule has 0 radical (unpaired) electrons. The van der Waals surface area contributed by atoms with Gasteiger partial charge in [0, 0.05) is 36.7 Å². The van der Waals surface area contributed by atoms with Crippen molar-refractivity contribution >= 4 is 17.5 Å². The number of hydrogen-bond donors (Lipinski definition) is 2. The van der Waals surface area contributed by atoms with E-state index in [-0.39, 0.29) is 11.8 Å². The lowest BCUT2D eigenvalue weighted by Gasteiger charge is -2.36. The summed E-state index contributed by atoms with van der Waals surface area (Å²) in [6.07, 6.45) is 4.86. The van der Waals surface area contributed by atoms with Crippen LogP contribution in [-0.4, -0.2) is 52.7 Å². The Morgan fingerprint density at radius 2 is 1.96 bits per heavy atom. The molecule has 2 aromatic rings. The number of carbonyl (C=O) groups is 2. The summed E-state index contributed by atoms with van der Waals surface area (Å²) >= 11 is 0. The van der Waals surface area contributed by atoms with Crippen molar-refractivity contribution in [3.63, 3.8) is 0 Å². The van der Waals surface area contributed by atoms with E-state index in [9.17, 15) is 9.59 Å². The Bertz CT molecular complexity index is 777. The van der Waals surface area contributed by atoms with Gasteiger partial charge < -0.3 is 15.5 Å². The lowest BCUT2D eigenvalue weighted by Crippen LogP contribution is -2.52. The maximum Gasteiger partial charge on any atom is 0.253 e. The molecule has 2 heterocycles. The van der Waals surface area contributed by atoms with Gasteiger partial charge in [-0.05, 0) is 64.0 Å². The molecule has 1 aromatic carbocycles. The van der Waals surface area contributed by atoms with Gasteiger partial charge in [0.2, 0.25) is 0 Å². The predicted molar refractivity (Wildman–Crippen MR) is 105 cm³/mol. The summed E-state index contributed by atoms with van der Waals surface area (Å²) < 4.78 is 1.76. The van der Waals surface area contributed by atoms with Gasteiger partial charge >= 0.3 is 0 Å². The van der Waals surface area contributed by atoms with Crippen LogP contribution < -0.4 is 10.6 Å². The van der Waals surface area contributed by atoms with Crippen LogP contribution >= 0.6 is 0 Å². The van der Waals surface area contributed by atoms with Crippen LogP contribution in [-0.2, 0) is 10.3 Å². The van der Waals surface area contributed by atoms with Crippen LogP contribution in [0.25, 0.3) is 0 Å². The van der Waals surface area contributed by atoms with Crippen molar-refractivity contribution < 1.29 is 9.59 Å². The molecule has 7 nitrogen and oxygen atoms in total. The third-order valence-electron chi connectivity index (χ3n) is 5.21. The third kappa shape index (κ3) is 3.88. The van der Waals surface area contributed by atoms with Crippen molar-refractivity contribution in [2.24, 2.45) is 0 Å². The Kier molecular flexibility index (Phi) is 5.91. The Balaban J connectivity index is 1.83. The molecule has 144 valence electrons. The fourth-order valence-electron chi connectivity index (χ4n) is 3.59. The van der Waals surface area contributed by atoms with E-state index in [2.05, 4.69) is 15.7 Å². The number of anilines is 1. The Labute approximate surface area is 159 Å². The predicted octanol–water partition coefficient (Wildman–Crippen LogP) is 2.08. The number of piperidine rings is 1. The van der Waals surface area contributed by atoms with E-state index in [1.165, 1.54) is 0 Å². The lowest BCUT2D eigenvalue weighted by molar-refractivity contribution is -0.126. The second kappa shape index (κ2) is 8.35. The van der Waals surface area contributed by atoms with Crippen molar-refractivity contribution in [1.29, 1.82) is 0 Å². The highest BCUT2D eigenvalue weighted by atomic mass is 16.2. The van der Waals surface area contributed by atoms with E-state index in [1.54, 1.807) is 34.0 Å². The molecule has 0 unspecified atom stereocenters. The lowest BCUT2D eigenvalue weighted by atomic mass is 9.87. The Morgan fingerprint density at radius 3 is 2.59 bits per heavy atom. The van der Waals surface area contributed by atoms with Crippen LogP contribution in [0.2, 0.25) is 0 Å². The molecule has 1 fully saturated rings. The Morgan fingerprint density at radius 1 is 1.22 bits per heavy atom. The molecule has 1 saturated heterocycles. The summed E-state index contributed by atoms with van der Waals surface area (Å²) in [6.45, 7) is 6.74. The second-order valence-electron chi connectivity index (χ2n) is 6.74. The number of aromatic nitrogens is 2. The van der Waals surface area contributed by atoms with Crippen molar-refractivity contribution in [3.8, 4) is 0 Å². The van der Waals surface area contributed by atoms with Gasteiger partial charge in [0.25, 0.3) is 11.8 Å². The van der Waals surface area contributed by atoms with Crippen LogP contribution in [0.1, 0.15) is 37.0 Å². The van der Waals surface area contributed by atoms with E-state index in [0.29, 0.717) is 37.2 Å². The first-order valence-corrected chi connectivity index (χ1v) is 9.52. The summed E-state index contributed by atoms with van der Waals surface area (Å²) in [5, 5.41) is 10.6. The zero-order chi connectivity index (χ0) is 19.3. The summed E-state index contributed by atoms with van der Waals surface area (Å²) in [6, 6.07) is 8.98. The molecule has 3 rings (SSSR count). The summed E-state index contributed by atoms with van der Waals surface area (Å²) in [5.74, 6) is -0.125. The van der Waals surface area contributed by atoms with Gasteiger partial charge in [-0.25, -0.2) is 0 Å². The van der Waals surface area contributed by atoms with Gasteiger partial charge in [-0.3, -0.25) is 14.3 Å². The minimum absolute atomic E-state index is 0.0280. The summed E-state index contributed by atoms with van der Waals surface area (Å²) in [7, 11) is 0. The molecule has 1 aliphatic heterocycles. The standard InChI is InChI=1S/C20H27N5O2/c1-3-24(4-2)18(26)16-7-5-8-17(15-16)23-19(27)20(9-12-21-13-10-20)25-14-6-11-22-25/h5-8,11,14-15,21H,3-4,9-10,12-13H2,1-2H3,(H,23,27). The largest absolute Gasteiger partial charge is 0.339 e. The topological polar surface area (TPSA) is 79.3 Å². The molecule has 1 aromatic heterocycles. The zero-order valence-electron chi connectivity index (χ0n) is 15.9. The number of amides is 2. The van der Waals surface area contributed by atoms with Gasteiger partial charge in [0.05, 0.1) is 0 Å². The molecular formula is C20H27N5O2. The maximum atomic E-state index is 13.2. The number of rotatable bonds is 6. The van der Waals surface area contributed by atoms with Gasteiger partial charge in [-0.15, -0.1) is 0 Å². The molecule has 0 bridgehead atoms. The highest BCUT2D eigenvalue weighted by Gasteiger charge is 2.42. The third-order valence-corrected chi connectivity index (χ3v) is 5.21. The normalized spacial score (nSPS) is 15.9. The van der Waals surface area contributed by atoms with Crippen molar-refractivity contribution in [1.82, 2.24) is 20.0 Å². The van der Waals surface area contributed by atoms with E-state index in [0.717, 1.165) is 13.1 Å². The average Bonchev–Trinajstić information content (AvgIpc) is 3.25. The van der Waals surface area contributed by atoms with Gasteiger partial charge in [0.1, 0.15) is 5.54 Å². The van der Waals surface area contributed by atoms with Crippen molar-refractivity contribution in [3.05, 3.63) is 48.3 Å². The van der Waals surface area contributed by atoms with Crippen molar-refractivity contribution in [2.45, 2.75) is 32.2 Å². The first kappa shape index (κ1) is 19.1. The molecule has 0 aliphatic carbocycles. The van der Waals surface area contributed by atoms with Crippen molar-refractivity contribution in [2.75, 3.05) is 31.5 Å². The summed E-state index contributed by atoms with van der Waals surface area (Å²) in [4.78, 5) is 27.6. The first-order chi connectivity index (χ1) is 13.1. The van der Waals surface area contributed by atoms with Crippen LogP contribution in [0.5, 0.6) is 0 Å². The quantitative estimate of drug-likeness (QED) is 0.817. The first-order valence-electron chi connectivity index (χ1n) is 9.52. The van der Waals surface area contributed by atoms with Gasteiger partial charge in [0.15, 0.2) is 0 Å². The molecular weight excluding hydrogens is 342 g/mol. The minimum Gasteiger partial charge on any atom is -0.339 e. The van der Waals surface area contributed by atoms with Crippen LogP contribution in [0.3, 0.4) is 0 Å².